The smallest absolute Gasteiger partial charge is 0.258 e. The van der Waals surface area contributed by atoms with Gasteiger partial charge in [0, 0.05) is 22.8 Å². The van der Waals surface area contributed by atoms with Crippen molar-refractivity contribution < 1.29 is 14.3 Å². The highest BCUT2D eigenvalue weighted by Crippen LogP contribution is 2.36. The number of nitrogens with zero attached hydrogens (tertiary/aromatic N) is 3. The lowest BCUT2D eigenvalue weighted by Gasteiger charge is -2.17. The summed E-state index contributed by atoms with van der Waals surface area (Å²) >= 11 is 2.45. The molecule has 0 atom stereocenters. The summed E-state index contributed by atoms with van der Waals surface area (Å²) in [6.45, 7) is 1.72. The summed E-state index contributed by atoms with van der Waals surface area (Å²) < 4.78 is 5.26. The number of carbonyl (C=O) groups excluding carboxylic acids is 2. The minimum atomic E-state index is -0.383. The number of hydrogen-bond acceptors (Lipinski definition) is 8. The highest BCUT2D eigenvalue weighted by atomic mass is 32.2. The second kappa shape index (κ2) is 11.5. The van der Waals surface area contributed by atoms with Gasteiger partial charge in [0.15, 0.2) is 5.13 Å². The molecule has 36 heavy (non-hydrogen) atoms. The number of pyridine rings is 1. The monoisotopic (exact) mass is 515 g/mol. The Kier molecular flexibility index (Phi) is 7.95. The standard InChI is InChI=1S/C26H21N5O3S2/c1-16-22(24(33)30-18-6-4-3-5-7-18)23(17-8-10-19(34-2)11-9-17)20(14-27)25(29-16)36-15-21(32)31-26-28-12-13-35-26/h3-13H,15H2,1-2H3,(H,30,33)(H,28,31,32). The van der Waals surface area contributed by atoms with E-state index in [1.807, 2.05) is 18.2 Å². The van der Waals surface area contributed by atoms with Gasteiger partial charge in [-0.3, -0.25) is 9.59 Å². The summed E-state index contributed by atoms with van der Waals surface area (Å²) in [6.07, 6.45) is 1.60. The van der Waals surface area contributed by atoms with E-state index in [1.165, 1.54) is 11.3 Å². The first-order chi connectivity index (χ1) is 17.5. The van der Waals surface area contributed by atoms with E-state index in [0.29, 0.717) is 38.4 Å². The van der Waals surface area contributed by atoms with Crippen LogP contribution in [0.1, 0.15) is 21.6 Å². The number of nitriles is 1. The third kappa shape index (κ3) is 5.71. The van der Waals surface area contributed by atoms with E-state index >= 15 is 0 Å². The Morgan fingerprint density at radius 2 is 1.86 bits per heavy atom. The maximum atomic E-state index is 13.4. The zero-order valence-electron chi connectivity index (χ0n) is 19.4. The molecule has 0 saturated carbocycles. The summed E-state index contributed by atoms with van der Waals surface area (Å²) in [5.74, 6) is 0.0201. The Bertz CT molecular complexity index is 1420. The number of benzene rings is 2. The molecule has 180 valence electrons. The molecule has 0 unspecified atom stereocenters. The predicted molar refractivity (Wildman–Crippen MR) is 142 cm³/mol. The molecule has 2 aromatic carbocycles. The Morgan fingerprint density at radius 1 is 1.11 bits per heavy atom. The number of thiazole rings is 1. The fraction of sp³-hybridized carbons (Fsp3) is 0.115. The van der Waals surface area contributed by atoms with Gasteiger partial charge < -0.3 is 15.4 Å². The third-order valence-electron chi connectivity index (χ3n) is 5.11. The van der Waals surface area contributed by atoms with Gasteiger partial charge in [0.1, 0.15) is 16.8 Å². The zero-order valence-corrected chi connectivity index (χ0v) is 21.1. The molecule has 0 radical (unpaired) electrons. The van der Waals surface area contributed by atoms with Gasteiger partial charge in [-0.1, -0.05) is 42.1 Å². The van der Waals surface area contributed by atoms with Crippen LogP contribution >= 0.6 is 23.1 Å². The summed E-state index contributed by atoms with van der Waals surface area (Å²) in [5, 5.41) is 18.4. The van der Waals surface area contributed by atoms with Gasteiger partial charge in [-0.05, 0) is 36.8 Å². The van der Waals surface area contributed by atoms with Crippen LogP contribution in [0.2, 0.25) is 0 Å². The molecule has 4 rings (SSSR count). The van der Waals surface area contributed by atoms with Crippen molar-refractivity contribution in [2.75, 3.05) is 23.5 Å². The number of aromatic nitrogens is 2. The van der Waals surface area contributed by atoms with Gasteiger partial charge in [-0.15, -0.1) is 11.3 Å². The molecule has 2 amide bonds. The van der Waals surface area contributed by atoms with Crippen LogP contribution in [0.25, 0.3) is 11.1 Å². The van der Waals surface area contributed by atoms with Crippen LogP contribution in [0.3, 0.4) is 0 Å². The zero-order chi connectivity index (χ0) is 25.5. The van der Waals surface area contributed by atoms with Crippen molar-refractivity contribution in [3.05, 3.63) is 83.0 Å². The fourth-order valence-corrected chi connectivity index (χ4v) is 4.88. The molecule has 0 saturated heterocycles. The average molecular weight is 516 g/mol. The van der Waals surface area contributed by atoms with Crippen LogP contribution < -0.4 is 15.4 Å². The van der Waals surface area contributed by atoms with Crippen molar-refractivity contribution in [1.29, 1.82) is 5.26 Å². The maximum Gasteiger partial charge on any atom is 0.258 e. The van der Waals surface area contributed by atoms with Crippen LogP contribution in [0.4, 0.5) is 10.8 Å². The molecule has 0 aliphatic heterocycles. The Labute approximate surface area is 216 Å². The third-order valence-corrected chi connectivity index (χ3v) is 6.78. The lowest BCUT2D eigenvalue weighted by Crippen LogP contribution is -2.18. The van der Waals surface area contributed by atoms with Crippen molar-refractivity contribution in [2.45, 2.75) is 11.9 Å². The molecule has 0 aliphatic rings. The Hall–Kier alpha value is -4.20. The van der Waals surface area contributed by atoms with Crippen LogP contribution in [-0.2, 0) is 4.79 Å². The molecule has 0 aliphatic carbocycles. The number of anilines is 2. The fourth-order valence-electron chi connectivity index (χ4n) is 3.50. The highest BCUT2D eigenvalue weighted by molar-refractivity contribution is 8.00. The largest absolute Gasteiger partial charge is 0.497 e. The summed E-state index contributed by atoms with van der Waals surface area (Å²) in [7, 11) is 1.57. The van der Waals surface area contributed by atoms with Gasteiger partial charge in [0.2, 0.25) is 5.91 Å². The van der Waals surface area contributed by atoms with Gasteiger partial charge in [0.25, 0.3) is 5.91 Å². The van der Waals surface area contributed by atoms with E-state index in [1.54, 1.807) is 62.0 Å². The molecule has 2 N–H and O–H groups in total. The minimum Gasteiger partial charge on any atom is -0.497 e. The second-order valence-corrected chi connectivity index (χ2v) is 9.32. The first-order valence-corrected chi connectivity index (χ1v) is 12.6. The van der Waals surface area contributed by atoms with E-state index in [0.717, 1.165) is 11.8 Å². The molecular weight excluding hydrogens is 494 g/mol. The molecular formula is C26H21N5O3S2. The SMILES string of the molecule is COc1ccc(-c2c(C#N)c(SCC(=O)Nc3nccs3)nc(C)c2C(=O)Nc2ccccc2)cc1. The van der Waals surface area contributed by atoms with Crippen molar-refractivity contribution in [3.63, 3.8) is 0 Å². The predicted octanol–water partition coefficient (Wildman–Crippen LogP) is 5.38. The van der Waals surface area contributed by atoms with E-state index in [2.05, 4.69) is 26.7 Å². The molecule has 0 bridgehead atoms. The molecule has 2 aromatic heterocycles. The highest BCUT2D eigenvalue weighted by Gasteiger charge is 2.25. The van der Waals surface area contributed by atoms with Crippen molar-refractivity contribution in [3.8, 4) is 22.9 Å². The lowest BCUT2D eigenvalue weighted by molar-refractivity contribution is -0.113. The minimum absolute atomic E-state index is 0.0261. The van der Waals surface area contributed by atoms with E-state index in [-0.39, 0.29) is 28.7 Å². The van der Waals surface area contributed by atoms with Crippen molar-refractivity contribution in [2.24, 2.45) is 0 Å². The molecule has 4 aromatic rings. The summed E-state index contributed by atoms with van der Waals surface area (Å²) in [6, 6.07) is 18.4. The average Bonchev–Trinajstić information content (AvgIpc) is 3.40. The van der Waals surface area contributed by atoms with Crippen LogP contribution in [-0.4, -0.2) is 34.6 Å². The molecule has 0 fully saturated rings. The quantitative estimate of drug-likeness (QED) is 0.303. The number of para-hydroxylation sites is 1. The number of methoxy groups -OCH3 is 1. The number of hydrogen-bond donors (Lipinski definition) is 2. The number of nitrogens with one attached hydrogen (secondary N) is 2. The number of thioether (sulfide) groups is 1. The second-order valence-electron chi connectivity index (χ2n) is 7.46. The van der Waals surface area contributed by atoms with E-state index in [4.69, 9.17) is 4.74 Å². The van der Waals surface area contributed by atoms with Crippen molar-refractivity contribution in [1.82, 2.24) is 9.97 Å². The number of carbonyl (C=O) groups is 2. The normalized spacial score (nSPS) is 10.4. The number of aryl methyl sites for hydroxylation is 1. The lowest BCUT2D eigenvalue weighted by atomic mass is 9.94. The van der Waals surface area contributed by atoms with Gasteiger partial charge in [-0.25, -0.2) is 9.97 Å². The number of rotatable bonds is 8. The van der Waals surface area contributed by atoms with Crippen LogP contribution in [0, 0.1) is 18.3 Å². The van der Waals surface area contributed by atoms with Gasteiger partial charge >= 0.3 is 0 Å². The number of amides is 2. The van der Waals surface area contributed by atoms with Crippen LogP contribution in [0.5, 0.6) is 5.75 Å². The first-order valence-electron chi connectivity index (χ1n) is 10.8. The molecule has 0 spiro atoms. The van der Waals surface area contributed by atoms with E-state index < -0.39 is 0 Å². The van der Waals surface area contributed by atoms with Crippen LogP contribution in [0.15, 0.2) is 71.2 Å². The molecule has 2 heterocycles. The first kappa shape index (κ1) is 24.9. The maximum absolute atomic E-state index is 13.4. The van der Waals surface area contributed by atoms with Crippen molar-refractivity contribution >= 4 is 45.7 Å². The summed E-state index contributed by atoms with van der Waals surface area (Å²) in [4.78, 5) is 34.4. The Morgan fingerprint density at radius 3 is 2.50 bits per heavy atom. The van der Waals surface area contributed by atoms with E-state index in [9.17, 15) is 14.9 Å². The number of ether oxygens (including phenoxy) is 1. The Balaban J connectivity index is 1.74. The van der Waals surface area contributed by atoms with Gasteiger partial charge in [-0.2, -0.15) is 5.26 Å². The molecule has 10 heteroatoms. The topological polar surface area (TPSA) is 117 Å². The molecule has 8 nitrogen and oxygen atoms in total. The summed E-state index contributed by atoms with van der Waals surface area (Å²) in [5.41, 5.74) is 2.68. The van der Waals surface area contributed by atoms with Gasteiger partial charge in [0.05, 0.1) is 29.7 Å².